The van der Waals surface area contributed by atoms with Crippen LogP contribution in [0, 0.1) is 0 Å². The quantitative estimate of drug-likeness (QED) is 0.476. The predicted molar refractivity (Wildman–Crippen MR) is 131 cm³/mol. The minimum Gasteiger partial charge on any atom is -0.508 e. The summed E-state index contributed by atoms with van der Waals surface area (Å²) in [6.07, 6.45) is 2.15. The first kappa shape index (κ1) is 21.1. The molecular formula is C27H28N4O2. The Morgan fingerprint density at radius 3 is 2.33 bits per heavy atom. The Hall–Kier alpha value is -3.77. The molecule has 5 rings (SSSR count). The van der Waals surface area contributed by atoms with Gasteiger partial charge < -0.3 is 14.7 Å². The zero-order chi connectivity index (χ0) is 22.6. The van der Waals surface area contributed by atoms with Crippen LogP contribution in [0.4, 0.5) is 5.69 Å². The van der Waals surface area contributed by atoms with Crippen LogP contribution >= 0.6 is 0 Å². The Kier molecular flexibility index (Phi) is 6.00. The molecule has 6 nitrogen and oxygen atoms in total. The van der Waals surface area contributed by atoms with E-state index < -0.39 is 0 Å². The maximum absolute atomic E-state index is 9.56. The molecule has 1 aliphatic rings. The van der Waals surface area contributed by atoms with Crippen LogP contribution in [0.1, 0.15) is 5.56 Å². The maximum atomic E-state index is 9.56. The van der Waals surface area contributed by atoms with Crippen molar-refractivity contribution in [2.75, 3.05) is 38.2 Å². The van der Waals surface area contributed by atoms with Crippen molar-refractivity contribution < 1.29 is 9.84 Å². The first-order chi connectivity index (χ1) is 16.2. The Balaban J connectivity index is 1.38. The van der Waals surface area contributed by atoms with Gasteiger partial charge in [0.25, 0.3) is 0 Å². The number of ether oxygens (including phenoxy) is 1. The highest BCUT2D eigenvalue weighted by atomic mass is 16.5. The second-order valence-electron chi connectivity index (χ2n) is 8.29. The lowest BCUT2D eigenvalue weighted by molar-refractivity contribution is 0.250. The number of aromatic hydroxyl groups is 1. The minimum absolute atomic E-state index is 0.304. The fourth-order valence-electron chi connectivity index (χ4n) is 4.32. The molecule has 3 aromatic carbocycles. The van der Waals surface area contributed by atoms with Crippen LogP contribution in [0.2, 0.25) is 0 Å². The summed E-state index contributed by atoms with van der Waals surface area (Å²) in [4.78, 5) is 4.85. The van der Waals surface area contributed by atoms with Gasteiger partial charge in [-0.15, -0.1) is 0 Å². The first-order valence-corrected chi connectivity index (χ1v) is 11.2. The van der Waals surface area contributed by atoms with E-state index in [1.165, 1.54) is 5.56 Å². The number of piperazine rings is 1. The molecule has 0 spiro atoms. The SMILES string of the molecule is COc1cccc(-c2nn(-c3ccccc3)cc2CN2CCN(c3ccc(O)cc3)CC2)c1. The molecule has 0 atom stereocenters. The third-order valence-electron chi connectivity index (χ3n) is 6.14. The van der Waals surface area contributed by atoms with E-state index in [1.54, 1.807) is 19.2 Å². The molecule has 1 N–H and O–H groups in total. The van der Waals surface area contributed by atoms with Crippen LogP contribution in [0.25, 0.3) is 16.9 Å². The highest BCUT2D eigenvalue weighted by molar-refractivity contribution is 5.65. The van der Waals surface area contributed by atoms with E-state index in [2.05, 4.69) is 34.2 Å². The lowest BCUT2D eigenvalue weighted by atomic mass is 10.1. The molecule has 0 amide bonds. The van der Waals surface area contributed by atoms with Gasteiger partial charge in [-0.25, -0.2) is 4.68 Å². The van der Waals surface area contributed by atoms with Gasteiger partial charge in [0.05, 0.1) is 18.5 Å². The number of hydrogen-bond acceptors (Lipinski definition) is 5. The third kappa shape index (κ3) is 4.71. The lowest BCUT2D eigenvalue weighted by Crippen LogP contribution is -2.45. The van der Waals surface area contributed by atoms with E-state index in [-0.39, 0.29) is 0 Å². The van der Waals surface area contributed by atoms with Crippen LogP contribution in [0.5, 0.6) is 11.5 Å². The smallest absolute Gasteiger partial charge is 0.119 e. The average Bonchev–Trinajstić information content (AvgIpc) is 3.29. The van der Waals surface area contributed by atoms with Crippen molar-refractivity contribution in [2.24, 2.45) is 0 Å². The Bertz CT molecular complexity index is 1200. The fraction of sp³-hybridized carbons (Fsp3) is 0.222. The van der Waals surface area contributed by atoms with Gasteiger partial charge in [-0.3, -0.25) is 4.90 Å². The van der Waals surface area contributed by atoms with Crippen LogP contribution < -0.4 is 9.64 Å². The highest BCUT2D eigenvalue weighted by Gasteiger charge is 2.21. The number of methoxy groups -OCH3 is 1. The predicted octanol–water partition coefficient (Wildman–Crippen LogP) is 4.58. The van der Waals surface area contributed by atoms with Crippen LogP contribution in [-0.4, -0.2) is 53.1 Å². The van der Waals surface area contributed by atoms with Gasteiger partial charge in [0.1, 0.15) is 11.5 Å². The molecule has 0 saturated carbocycles. The van der Waals surface area contributed by atoms with Crippen LogP contribution in [-0.2, 0) is 6.54 Å². The normalized spacial score (nSPS) is 14.4. The summed E-state index contributed by atoms with van der Waals surface area (Å²) in [7, 11) is 1.69. The van der Waals surface area contributed by atoms with Gasteiger partial charge >= 0.3 is 0 Å². The number of phenolic OH excluding ortho intramolecular Hbond substituents is 1. The summed E-state index contributed by atoms with van der Waals surface area (Å²) < 4.78 is 7.42. The van der Waals surface area contributed by atoms with Crippen molar-refractivity contribution in [1.82, 2.24) is 14.7 Å². The lowest BCUT2D eigenvalue weighted by Gasteiger charge is -2.36. The van der Waals surface area contributed by atoms with Crippen molar-refractivity contribution in [3.05, 3.63) is 90.6 Å². The molecule has 1 aromatic heterocycles. The van der Waals surface area contributed by atoms with Crippen LogP contribution in [0.3, 0.4) is 0 Å². The number of para-hydroxylation sites is 1. The third-order valence-corrected chi connectivity index (χ3v) is 6.14. The second kappa shape index (κ2) is 9.38. The Labute approximate surface area is 194 Å². The van der Waals surface area contributed by atoms with Crippen molar-refractivity contribution in [1.29, 1.82) is 0 Å². The summed E-state index contributed by atoms with van der Waals surface area (Å²) in [6, 6.07) is 25.8. The highest BCUT2D eigenvalue weighted by Crippen LogP contribution is 2.28. The molecule has 6 heteroatoms. The van der Waals surface area contributed by atoms with Gasteiger partial charge in [0.2, 0.25) is 0 Å². The minimum atomic E-state index is 0.304. The first-order valence-electron chi connectivity index (χ1n) is 11.2. The molecule has 33 heavy (non-hydrogen) atoms. The van der Waals surface area contributed by atoms with Crippen molar-refractivity contribution in [2.45, 2.75) is 6.54 Å². The topological polar surface area (TPSA) is 53.8 Å². The second-order valence-corrected chi connectivity index (χ2v) is 8.29. The zero-order valence-electron chi connectivity index (χ0n) is 18.8. The zero-order valence-corrected chi connectivity index (χ0v) is 18.8. The van der Waals surface area contributed by atoms with Crippen molar-refractivity contribution in [3.8, 4) is 28.4 Å². The van der Waals surface area contributed by atoms with Gasteiger partial charge in [0.15, 0.2) is 0 Å². The molecule has 2 heterocycles. The maximum Gasteiger partial charge on any atom is 0.119 e. The van der Waals surface area contributed by atoms with Crippen LogP contribution in [0.15, 0.2) is 85.1 Å². The number of benzene rings is 3. The van der Waals surface area contributed by atoms with Gasteiger partial charge in [-0.05, 0) is 48.5 Å². The van der Waals surface area contributed by atoms with Gasteiger partial charge in [0, 0.05) is 55.7 Å². The molecule has 4 aromatic rings. The van der Waals surface area contributed by atoms with E-state index >= 15 is 0 Å². The Morgan fingerprint density at radius 1 is 0.848 bits per heavy atom. The number of rotatable bonds is 6. The molecule has 0 aliphatic carbocycles. The summed E-state index contributed by atoms with van der Waals surface area (Å²) in [5.41, 5.74) is 5.44. The summed E-state index contributed by atoms with van der Waals surface area (Å²) >= 11 is 0. The van der Waals surface area contributed by atoms with E-state index in [9.17, 15) is 5.11 Å². The molecular weight excluding hydrogens is 412 g/mol. The van der Waals surface area contributed by atoms with Crippen molar-refractivity contribution in [3.63, 3.8) is 0 Å². The summed E-state index contributed by atoms with van der Waals surface area (Å²) in [5.74, 6) is 1.13. The van der Waals surface area contributed by atoms with E-state index in [0.29, 0.717) is 5.75 Å². The number of phenols is 1. The fourth-order valence-corrected chi connectivity index (χ4v) is 4.32. The molecule has 1 aliphatic heterocycles. The largest absolute Gasteiger partial charge is 0.508 e. The number of aromatic nitrogens is 2. The Morgan fingerprint density at radius 2 is 1.61 bits per heavy atom. The van der Waals surface area contributed by atoms with Crippen molar-refractivity contribution >= 4 is 5.69 Å². The molecule has 0 unspecified atom stereocenters. The summed E-state index contributed by atoms with van der Waals surface area (Å²) in [5, 5.41) is 14.5. The van der Waals surface area contributed by atoms with Gasteiger partial charge in [-0.1, -0.05) is 30.3 Å². The molecule has 0 radical (unpaired) electrons. The molecule has 1 fully saturated rings. The van der Waals surface area contributed by atoms with E-state index in [0.717, 1.165) is 61.1 Å². The number of nitrogens with zero attached hydrogens (tertiary/aromatic N) is 4. The molecule has 1 saturated heterocycles. The molecule has 0 bridgehead atoms. The standard InChI is InChI=1S/C27H28N4O2/c1-33-26-9-5-6-21(18-26)27-22(20-31(28-27)24-7-3-2-4-8-24)19-29-14-16-30(17-15-29)23-10-12-25(32)13-11-23/h2-13,18,20,32H,14-17,19H2,1H3. The summed E-state index contributed by atoms with van der Waals surface area (Å²) in [6.45, 7) is 4.67. The average molecular weight is 441 g/mol. The monoisotopic (exact) mass is 440 g/mol. The van der Waals surface area contributed by atoms with E-state index in [1.807, 2.05) is 53.2 Å². The van der Waals surface area contributed by atoms with Gasteiger partial charge in [-0.2, -0.15) is 5.10 Å². The van der Waals surface area contributed by atoms with E-state index in [4.69, 9.17) is 9.84 Å². The number of hydrogen-bond donors (Lipinski definition) is 1. The number of anilines is 1. The molecule has 168 valence electrons.